The van der Waals surface area contributed by atoms with Gasteiger partial charge in [0.2, 0.25) is 0 Å². The molecule has 2 aliphatic heterocycles. The summed E-state index contributed by atoms with van der Waals surface area (Å²) in [6.45, 7) is 2.20. The summed E-state index contributed by atoms with van der Waals surface area (Å²) in [5, 5.41) is 3.71. The van der Waals surface area contributed by atoms with Crippen LogP contribution in [0.5, 0.6) is 0 Å². The summed E-state index contributed by atoms with van der Waals surface area (Å²) in [7, 11) is 0. The van der Waals surface area contributed by atoms with Crippen LogP contribution in [0.15, 0.2) is 34.6 Å². The highest BCUT2D eigenvalue weighted by Gasteiger charge is 2.27. The van der Waals surface area contributed by atoms with Crippen LogP contribution >= 0.6 is 11.3 Å². The fourth-order valence-corrected chi connectivity index (χ4v) is 5.48. The van der Waals surface area contributed by atoms with Crippen LogP contribution in [0.2, 0.25) is 0 Å². The lowest BCUT2D eigenvalue weighted by molar-refractivity contribution is 0.0707. The molecule has 1 atom stereocenters. The Hall–Kier alpha value is -2.54. The van der Waals surface area contributed by atoms with Gasteiger partial charge in [0.05, 0.1) is 15.9 Å². The lowest BCUT2D eigenvalue weighted by atomic mass is 9.98. The highest BCUT2D eigenvalue weighted by atomic mass is 32.1. The van der Waals surface area contributed by atoms with Gasteiger partial charge in [-0.3, -0.25) is 14.2 Å². The summed E-state index contributed by atoms with van der Waals surface area (Å²) in [6.07, 6.45) is 9.13. The Morgan fingerprint density at radius 1 is 1.10 bits per heavy atom. The van der Waals surface area contributed by atoms with Gasteiger partial charge >= 0.3 is 0 Å². The third-order valence-electron chi connectivity index (χ3n) is 6.32. The van der Waals surface area contributed by atoms with Crippen molar-refractivity contribution in [1.29, 1.82) is 0 Å². The van der Waals surface area contributed by atoms with E-state index in [9.17, 15) is 9.59 Å². The molecule has 0 N–H and O–H groups in total. The van der Waals surface area contributed by atoms with Crippen molar-refractivity contribution < 1.29 is 4.79 Å². The zero-order valence-electron chi connectivity index (χ0n) is 17.0. The third-order valence-corrected chi connectivity index (χ3v) is 7.26. The van der Waals surface area contributed by atoms with Gasteiger partial charge < -0.3 is 4.90 Å². The molecule has 3 aromatic rings. The maximum Gasteiger partial charge on any atom is 0.261 e. The average Bonchev–Trinajstić information content (AvgIpc) is 3.29. The first-order valence-corrected chi connectivity index (χ1v) is 11.8. The molecule has 1 saturated heterocycles. The Kier molecular flexibility index (Phi) is 5.37. The minimum atomic E-state index is 0.0202. The van der Waals surface area contributed by atoms with Gasteiger partial charge in [-0.25, -0.2) is 9.97 Å². The van der Waals surface area contributed by atoms with E-state index in [1.165, 1.54) is 6.42 Å². The van der Waals surface area contributed by atoms with Gasteiger partial charge in [0, 0.05) is 49.1 Å². The summed E-state index contributed by atoms with van der Waals surface area (Å²) in [5.41, 5.74) is 1.29. The normalized spacial score (nSPS) is 19.9. The van der Waals surface area contributed by atoms with Gasteiger partial charge in [0.1, 0.15) is 5.82 Å². The van der Waals surface area contributed by atoms with Gasteiger partial charge in [-0.1, -0.05) is 12.8 Å². The number of carbonyl (C=O) groups excluding carboxylic acids is 1. The first-order chi connectivity index (χ1) is 14.7. The number of benzene rings is 1. The number of piperidine rings is 1. The highest BCUT2D eigenvalue weighted by Crippen LogP contribution is 2.29. The fraction of sp³-hybridized carbons (Fsp3) is 0.478. The van der Waals surface area contributed by atoms with Crippen molar-refractivity contribution in [2.24, 2.45) is 0 Å². The number of fused-ring (bicyclic) bond motifs is 2. The van der Waals surface area contributed by atoms with Crippen molar-refractivity contribution in [3.63, 3.8) is 0 Å². The summed E-state index contributed by atoms with van der Waals surface area (Å²) >= 11 is 1.66. The van der Waals surface area contributed by atoms with Crippen molar-refractivity contribution in [3.8, 4) is 0 Å². The second kappa shape index (κ2) is 8.30. The molecular formula is C23H26N4O2S. The van der Waals surface area contributed by atoms with Crippen LogP contribution in [-0.4, -0.2) is 38.4 Å². The Bertz CT molecular complexity index is 1120. The molecule has 0 bridgehead atoms. The number of carbonyl (C=O) groups is 1. The number of thiazole rings is 1. The third kappa shape index (κ3) is 3.67. The van der Waals surface area contributed by atoms with Gasteiger partial charge in [-0.2, -0.15) is 0 Å². The monoisotopic (exact) mass is 422 g/mol. The van der Waals surface area contributed by atoms with Crippen LogP contribution < -0.4 is 5.56 Å². The van der Waals surface area contributed by atoms with Crippen LogP contribution in [0, 0.1) is 0 Å². The van der Waals surface area contributed by atoms with Crippen molar-refractivity contribution in [3.05, 3.63) is 56.5 Å². The lowest BCUT2D eigenvalue weighted by Crippen LogP contribution is -2.39. The molecule has 0 radical (unpaired) electrons. The minimum Gasteiger partial charge on any atom is -0.338 e. The molecule has 2 aromatic heterocycles. The molecule has 0 saturated carbocycles. The predicted octanol–water partition coefficient (Wildman–Crippen LogP) is 3.99. The molecule has 30 heavy (non-hydrogen) atoms. The molecule has 4 heterocycles. The first kappa shape index (κ1) is 19.4. The molecule has 1 amide bonds. The van der Waals surface area contributed by atoms with Crippen molar-refractivity contribution >= 4 is 28.1 Å². The van der Waals surface area contributed by atoms with Crippen LogP contribution in [0.1, 0.15) is 65.6 Å². The van der Waals surface area contributed by atoms with Crippen LogP contribution in [0.25, 0.3) is 10.9 Å². The maximum absolute atomic E-state index is 13.2. The van der Waals surface area contributed by atoms with Gasteiger partial charge in [0.25, 0.3) is 11.5 Å². The number of aromatic nitrogens is 3. The molecule has 1 aromatic carbocycles. The van der Waals surface area contributed by atoms with Crippen molar-refractivity contribution in [2.75, 3.05) is 13.1 Å². The predicted molar refractivity (Wildman–Crippen MR) is 118 cm³/mol. The Balaban J connectivity index is 1.45. The van der Waals surface area contributed by atoms with Crippen LogP contribution in [0.3, 0.4) is 0 Å². The molecular weight excluding hydrogens is 396 g/mol. The number of likely N-dealkylation sites (tertiary alicyclic amines) is 1. The molecule has 156 valence electrons. The number of nitrogens with zero attached hydrogens (tertiary/aromatic N) is 4. The summed E-state index contributed by atoms with van der Waals surface area (Å²) in [5.74, 6) is 1.19. The van der Waals surface area contributed by atoms with E-state index in [1.807, 2.05) is 27.1 Å². The van der Waals surface area contributed by atoms with E-state index in [4.69, 9.17) is 4.98 Å². The number of rotatable bonds is 2. The van der Waals surface area contributed by atoms with E-state index < -0.39 is 0 Å². The maximum atomic E-state index is 13.2. The number of amides is 1. The van der Waals surface area contributed by atoms with Crippen LogP contribution in [-0.2, 0) is 13.0 Å². The van der Waals surface area contributed by atoms with E-state index in [1.54, 1.807) is 23.5 Å². The number of aryl methyl sites for hydroxylation is 1. The second-order valence-electron chi connectivity index (χ2n) is 8.34. The second-order valence-corrected chi connectivity index (χ2v) is 9.27. The summed E-state index contributed by atoms with van der Waals surface area (Å²) in [6, 6.07) is 5.38. The zero-order valence-corrected chi connectivity index (χ0v) is 17.9. The van der Waals surface area contributed by atoms with E-state index in [2.05, 4.69) is 4.98 Å². The molecule has 7 heteroatoms. The Labute approximate surface area is 179 Å². The topological polar surface area (TPSA) is 68.1 Å². The summed E-state index contributed by atoms with van der Waals surface area (Å²) < 4.78 is 1.84. The molecule has 0 spiro atoms. The molecule has 2 aliphatic rings. The van der Waals surface area contributed by atoms with Crippen molar-refractivity contribution in [1.82, 2.24) is 19.4 Å². The average molecular weight is 423 g/mol. The zero-order chi connectivity index (χ0) is 20.5. The minimum absolute atomic E-state index is 0.0202. The molecule has 6 nitrogen and oxygen atoms in total. The SMILES string of the molecule is O=C(c1ccc2c(=O)n3c(nc2c1)CCCCCC3)N1CCCC(c2nccs2)C1. The van der Waals surface area contributed by atoms with Crippen LogP contribution in [0.4, 0.5) is 0 Å². The standard InChI is InChI=1S/C23H26N4O2S/c28-22(26-11-5-6-17(15-26)21-24-10-13-30-21)16-8-9-18-19(14-16)25-20-7-3-1-2-4-12-27(20)23(18)29/h8-10,13-14,17H,1-7,11-12,15H2. The lowest BCUT2D eigenvalue weighted by Gasteiger charge is -2.32. The van der Waals surface area contributed by atoms with E-state index in [0.717, 1.165) is 62.4 Å². The molecule has 5 rings (SSSR count). The van der Waals surface area contributed by atoms with Crippen molar-refractivity contribution in [2.45, 2.75) is 57.4 Å². The fourth-order valence-electron chi connectivity index (χ4n) is 4.71. The van der Waals surface area contributed by atoms with Gasteiger partial charge in [-0.05, 0) is 43.9 Å². The highest BCUT2D eigenvalue weighted by molar-refractivity contribution is 7.09. The van der Waals surface area contributed by atoms with Gasteiger partial charge in [-0.15, -0.1) is 11.3 Å². The van der Waals surface area contributed by atoms with E-state index in [0.29, 0.717) is 28.9 Å². The van der Waals surface area contributed by atoms with E-state index >= 15 is 0 Å². The summed E-state index contributed by atoms with van der Waals surface area (Å²) in [4.78, 5) is 37.4. The Morgan fingerprint density at radius 3 is 2.87 bits per heavy atom. The van der Waals surface area contributed by atoms with E-state index in [-0.39, 0.29) is 11.5 Å². The molecule has 1 fully saturated rings. The smallest absolute Gasteiger partial charge is 0.261 e. The largest absolute Gasteiger partial charge is 0.338 e. The first-order valence-electron chi connectivity index (χ1n) is 10.9. The molecule has 0 aliphatic carbocycles. The van der Waals surface area contributed by atoms with Gasteiger partial charge in [0.15, 0.2) is 0 Å². The number of hydrogen-bond donors (Lipinski definition) is 0. The Morgan fingerprint density at radius 2 is 2.00 bits per heavy atom. The molecule has 1 unspecified atom stereocenters. The quantitative estimate of drug-likeness (QED) is 0.626. The number of hydrogen-bond acceptors (Lipinski definition) is 5.